The average Bonchev–Trinajstić information content (AvgIpc) is 3.48. The van der Waals surface area contributed by atoms with Crippen LogP contribution < -0.4 is 10.6 Å². The number of carbonyl (C=O) groups excluding carboxylic acids is 1. The summed E-state index contributed by atoms with van der Waals surface area (Å²) in [6, 6.07) is 7.23. The smallest absolute Gasteiger partial charge is 0.238 e. The van der Waals surface area contributed by atoms with Crippen LogP contribution in [0.2, 0.25) is 0 Å². The van der Waals surface area contributed by atoms with Gasteiger partial charge in [0.25, 0.3) is 0 Å². The van der Waals surface area contributed by atoms with Crippen LogP contribution in [0.1, 0.15) is 48.8 Å². The molecule has 2 unspecified atom stereocenters. The van der Waals surface area contributed by atoms with Gasteiger partial charge in [0, 0.05) is 30.6 Å². The molecule has 1 aromatic heterocycles. The molecule has 0 radical (unpaired) electrons. The number of nitrogens with zero attached hydrogens (tertiary/aromatic N) is 5. The van der Waals surface area contributed by atoms with E-state index in [-0.39, 0.29) is 17.6 Å². The van der Waals surface area contributed by atoms with E-state index in [1.165, 1.54) is 4.68 Å². The Kier molecular flexibility index (Phi) is 5.05. The summed E-state index contributed by atoms with van der Waals surface area (Å²) in [7, 11) is 0. The van der Waals surface area contributed by atoms with E-state index in [0.29, 0.717) is 17.4 Å². The highest BCUT2D eigenvalue weighted by molar-refractivity contribution is 6.03. The molecule has 2 atom stereocenters. The molecule has 2 aromatic rings. The highest BCUT2D eigenvalue weighted by Crippen LogP contribution is 2.41. The van der Waals surface area contributed by atoms with E-state index in [1.807, 2.05) is 12.1 Å². The lowest BCUT2D eigenvalue weighted by Crippen LogP contribution is -2.36. The highest BCUT2D eigenvalue weighted by Gasteiger charge is 2.36. The minimum Gasteiger partial charge on any atom is -0.317 e. The number of halogens is 1. The van der Waals surface area contributed by atoms with Gasteiger partial charge in [0.05, 0.1) is 5.69 Å². The number of hydrazone groups is 1. The quantitative estimate of drug-likeness (QED) is 0.737. The van der Waals surface area contributed by atoms with Crippen LogP contribution in [-0.4, -0.2) is 52.4 Å². The normalized spacial score (nSPS) is 24.3. The summed E-state index contributed by atoms with van der Waals surface area (Å²) in [5.41, 5.74) is 2.24. The van der Waals surface area contributed by atoms with Crippen LogP contribution in [0, 0.1) is 11.7 Å². The molecule has 0 bridgehead atoms. The van der Waals surface area contributed by atoms with Crippen LogP contribution in [0.5, 0.6) is 0 Å². The lowest BCUT2D eigenvalue weighted by atomic mass is 9.95. The second-order valence-electron chi connectivity index (χ2n) is 9.09. The Morgan fingerprint density at radius 1 is 1.12 bits per heavy atom. The summed E-state index contributed by atoms with van der Waals surface area (Å²) >= 11 is 0. The number of allylic oxidation sites excluding steroid dienone is 1. The van der Waals surface area contributed by atoms with Gasteiger partial charge in [0.2, 0.25) is 5.91 Å². The number of piperidine rings is 1. The van der Waals surface area contributed by atoms with Crippen LogP contribution in [0.15, 0.2) is 46.6 Å². The SMILES string of the molecule is O=C(Nc1cc(C2CCNCC2)nn1-c1ccc(C2CC2)cc1F)C1C=NN2C=CC=NC12. The Balaban J connectivity index is 1.32. The van der Waals surface area contributed by atoms with Crippen molar-refractivity contribution in [1.82, 2.24) is 20.1 Å². The predicted molar refractivity (Wildman–Crippen MR) is 124 cm³/mol. The average molecular weight is 448 g/mol. The molecule has 9 heteroatoms. The lowest BCUT2D eigenvalue weighted by molar-refractivity contribution is -0.118. The summed E-state index contributed by atoms with van der Waals surface area (Å²) in [5.74, 6) is 0.0869. The van der Waals surface area contributed by atoms with Crippen molar-refractivity contribution in [2.75, 3.05) is 18.4 Å². The number of carbonyl (C=O) groups is 1. The van der Waals surface area contributed by atoms with E-state index >= 15 is 4.39 Å². The first-order valence-corrected chi connectivity index (χ1v) is 11.6. The molecular formula is C24H26FN7O. The van der Waals surface area contributed by atoms with Gasteiger partial charge in [0.1, 0.15) is 23.2 Å². The number of fused-ring (bicyclic) bond motifs is 1. The van der Waals surface area contributed by atoms with E-state index in [1.54, 1.807) is 41.8 Å². The number of nitrogens with one attached hydrogen (secondary N) is 2. The molecule has 1 amide bonds. The third-order valence-corrected chi connectivity index (χ3v) is 6.80. The second kappa shape index (κ2) is 8.22. The van der Waals surface area contributed by atoms with E-state index in [9.17, 15) is 4.79 Å². The van der Waals surface area contributed by atoms with Gasteiger partial charge in [-0.15, -0.1) is 0 Å². The van der Waals surface area contributed by atoms with E-state index in [4.69, 9.17) is 5.10 Å². The fourth-order valence-electron chi connectivity index (χ4n) is 4.78. The van der Waals surface area contributed by atoms with Gasteiger partial charge in [-0.25, -0.2) is 14.1 Å². The van der Waals surface area contributed by atoms with Crippen LogP contribution in [0.3, 0.4) is 0 Å². The number of anilines is 1. The molecule has 3 aliphatic heterocycles. The Labute approximate surface area is 191 Å². The molecule has 8 nitrogen and oxygen atoms in total. The van der Waals surface area contributed by atoms with Crippen molar-refractivity contribution in [3.8, 4) is 5.69 Å². The summed E-state index contributed by atoms with van der Waals surface area (Å²) < 4.78 is 16.7. The molecule has 1 aliphatic carbocycles. The molecule has 4 aliphatic rings. The Morgan fingerprint density at radius 3 is 2.76 bits per heavy atom. The zero-order valence-electron chi connectivity index (χ0n) is 18.2. The van der Waals surface area contributed by atoms with Gasteiger partial charge in [-0.1, -0.05) is 6.07 Å². The molecule has 0 spiro atoms. The summed E-state index contributed by atoms with van der Waals surface area (Å²) in [6.45, 7) is 1.84. The largest absolute Gasteiger partial charge is 0.317 e. The Hall–Kier alpha value is -3.33. The first-order chi connectivity index (χ1) is 16.2. The topological polar surface area (TPSA) is 86.9 Å². The van der Waals surface area contributed by atoms with Crippen molar-refractivity contribution >= 4 is 24.2 Å². The van der Waals surface area contributed by atoms with Gasteiger partial charge in [-0.2, -0.15) is 10.2 Å². The standard InChI is InChI=1S/C24H26FN7O/c25-19-12-17(15-2-3-15)4-5-21(19)32-22(13-20(30-32)16-6-9-26-10-7-16)29-24(33)18-14-28-31-11-1-8-27-23(18)31/h1,4-5,8,11-16,18,23,26H,2-3,6-7,9-10H2,(H,29,33). The maximum absolute atomic E-state index is 15.2. The highest BCUT2D eigenvalue weighted by atomic mass is 19.1. The number of hydrogen-bond acceptors (Lipinski definition) is 6. The molecular weight excluding hydrogens is 421 g/mol. The van der Waals surface area contributed by atoms with E-state index in [2.05, 4.69) is 20.7 Å². The van der Waals surface area contributed by atoms with Gasteiger partial charge in [-0.05, 0) is 68.5 Å². The summed E-state index contributed by atoms with van der Waals surface area (Å²) in [6.07, 6.45) is 10.6. The summed E-state index contributed by atoms with van der Waals surface area (Å²) in [4.78, 5) is 17.6. The molecule has 33 heavy (non-hydrogen) atoms. The minimum atomic E-state index is -0.543. The zero-order chi connectivity index (χ0) is 22.4. The minimum absolute atomic E-state index is 0.244. The van der Waals surface area contributed by atoms with Crippen molar-refractivity contribution in [3.05, 3.63) is 53.6 Å². The van der Waals surface area contributed by atoms with Crippen LogP contribution in [0.4, 0.5) is 10.2 Å². The van der Waals surface area contributed by atoms with E-state index in [0.717, 1.165) is 50.0 Å². The fourth-order valence-corrected chi connectivity index (χ4v) is 4.78. The number of amides is 1. The molecule has 1 saturated heterocycles. The molecule has 1 aromatic carbocycles. The van der Waals surface area contributed by atoms with Gasteiger partial charge >= 0.3 is 0 Å². The number of benzene rings is 1. The maximum Gasteiger partial charge on any atom is 0.238 e. The predicted octanol–water partition coefficient (Wildman–Crippen LogP) is 3.14. The number of aliphatic imine (C=N–C) groups is 1. The summed E-state index contributed by atoms with van der Waals surface area (Å²) in [5, 5.41) is 17.0. The van der Waals surface area contributed by atoms with Crippen molar-refractivity contribution < 1.29 is 9.18 Å². The molecule has 2 fully saturated rings. The monoisotopic (exact) mass is 447 g/mol. The van der Waals surface area contributed by atoms with Gasteiger partial charge in [0.15, 0.2) is 6.17 Å². The van der Waals surface area contributed by atoms with Crippen molar-refractivity contribution in [1.29, 1.82) is 0 Å². The Morgan fingerprint density at radius 2 is 1.97 bits per heavy atom. The Bertz CT molecular complexity index is 1160. The number of aromatic nitrogens is 2. The fraction of sp³-hybridized carbons (Fsp3) is 0.417. The maximum atomic E-state index is 15.2. The first kappa shape index (κ1) is 20.3. The van der Waals surface area contributed by atoms with Gasteiger partial charge in [-0.3, -0.25) is 9.79 Å². The third kappa shape index (κ3) is 3.86. The molecule has 4 heterocycles. The second-order valence-corrected chi connectivity index (χ2v) is 9.09. The zero-order valence-corrected chi connectivity index (χ0v) is 18.2. The van der Waals surface area contributed by atoms with Crippen molar-refractivity contribution in [2.45, 2.75) is 43.7 Å². The molecule has 2 N–H and O–H groups in total. The van der Waals surface area contributed by atoms with E-state index < -0.39 is 12.1 Å². The molecule has 6 rings (SSSR count). The van der Waals surface area contributed by atoms with Gasteiger partial charge < -0.3 is 10.6 Å². The molecule has 170 valence electrons. The third-order valence-electron chi connectivity index (χ3n) is 6.80. The van der Waals surface area contributed by atoms with Crippen molar-refractivity contribution in [3.63, 3.8) is 0 Å². The number of rotatable bonds is 5. The van der Waals surface area contributed by atoms with Crippen molar-refractivity contribution in [2.24, 2.45) is 16.0 Å². The lowest BCUT2D eigenvalue weighted by Gasteiger charge is -2.22. The number of hydrogen-bond donors (Lipinski definition) is 2. The van der Waals surface area contributed by atoms with Crippen LogP contribution in [0.25, 0.3) is 5.69 Å². The van der Waals surface area contributed by atoms with Crippen LogP contribution in [-0.2, 0) is 4.79 Å². The first-order valence-electron chi connectivity index (χ1n) is 11.6. The van der Waals surface area contributed by atoms with Crippen LogP contribution >= 0.6 is 0 Å². The molecule has 1 saturated carbocycles.